The van der Waals surface area contributed by atoms with Crippen molar-refractivity contribution in [3.8, 4) is 16.9 Å². The minimum absolute atomic E-state index is 0.00422. The minimum atomic E-state index is -4.51. The highest BCUT2D eigenvalue weighted by molar-refractivity contribution is 6.31. The number of ether oxygens (including phenoxy) is 2. The maximum Gasteiger partial charge on any atom is 0.416 e. The second-order valence-electron chi connectivity index (χ2n) is 8.33. The molecule has 1 saturated carbocycles. The normalized spacial score (nSPS) is 29.6. The van der Waals surface area contributed by atoms with Gasteiger partial charge in [0, 0.05) is 16.5 Å². The smallest absolute Gasteiger partial charge is 0.416 e. The lowest BCUT2D eigenvalue weighted by Crippen LogP contribution is -2.51. The van der Waals surface area contributed by atoms with Crippen LogP contribution in [0.4, 0.5) is 13.2 Å². The van der Waals surface area contributed by atoms with Crippen molar-refractivity contribution in [1.82, 2.24) is 0 Å². The van der Waals surface area contributed by atoms with Crippen LogP contribution in [0.3, 0.4) is 0 Å². The van der Waals surface area contributed by atoms with Crippen molar-refractivity contribution in [2.45, 2.75) is 43.2 Å². The molecular formula is C22H20ClF3N2O3. The number of amidine groups is 1. The van der Waals surface area contributed by atoms with E-state index in [-0.39, 0.29) is 29.7 Å². The van der Waals surface area contributed by atoms with E-state index in [1.807, 2.05) is 0 Å². The van der Waals surface area contributed by atoms with Gasteiger partial charge in [0.2, 0.25) is 0 Å². The monoisotopic (exact) mass is 452 g/mol. The van der Waals surface area contributed by atoms with Crippen molar-refractivity contribution >= 4 is 17.6 Å². The lowest BCUT2D eigenvalue weighted by Gasteiger charge is -2.47. The van der Waals surface area contributed by atoms with Crippen molar-refractivity contribution in [3.05, 3.63) is 52.5 Å². The van der Waals surface area contributed by atoms with Crippen LogP contribution in [0.2, 0.25) is 5.02 Å². The van der Waals surface area contributed by atoms with Crippen molar-refractivity contribution in [3.63, 3.8) is 0 Å². The average Bonchev–Trinajstić information content (AvgIpc) is 3.10. The summed E-state index contributed by atoms with van der Waals surface area (Å²) < 4.78 is 51.6. The fraction of sp³-hybridized carbons (Fsp3) is 0.409. The first kappa shape index (κ1) is 20.5. The number of hydrogen-bond donors (Lipinski definition) is 2. The molecule has 31 heavy (non-hydrogen) atoms. The predicted octanol–water partition coefficient (Wildman–Crippen LogP) is 4.49. The number of rotatable bonds is 1. The average molecular weight is 453 g/mol. The molecule has 5 nitrogen and oxygen atoms in total. The second-order valence-corrected chi connectivity index (χ2v) is 8.77. The van der Waals surface area contributed by atoms with Crippen LogP contribution in [0.1, 0.15) is 30.4 Å². The lowest BCUT2D eigenvalue weighted by atomic mass is 9.67. The number of halogens is 4. The maximum absolute atomic E-state index is 13.3. The van der Waals surface area contributed by atoms with Crippen molar-refractivity contribution < 1.29 is 27.8 Å². The standard InChI is InChI=1S/C22H20ClF3N2O3/c23-14-6-12(5-13(8-14)22(24,25)26)11-1-3-18-16(7-11)21(10-30-20(27)28-21)17-9-15(29)2-4-19(17)31-18/h1,3,5-8,15,17,19,29H,2,4,9-10H2,(H2,27,28)/t15-,17-,19?,21?/m0/s1. The molecule has 1 fully saturated rings. The Morgan fingerprint density at radius 3 is 2.65 bits per heavy atom. The third-order valence-corrected chi connectivity index (χ3v) is 6.62. The summed E-state index contributed by atoms with van der Waals surface area (Å²) >= 11 is 5.99. The number of fused-ring (bicyclic) bond motifs is 4. The van der Waals surface area contributed by atoms with Gasteiger partial charge in [-0.15, -0.1) is 0 Å². The number of aliphatic hydroxyl groups excluding tert-OH is 1. The fourth-order valence-corrected chi connectivity index (χ4v) is 5.21. The van der Waals surface area contributed by atoms with E-state index in [1.165, 1.54) is 6.07 Å². The predicted molar refractivity (Wildman–Crippen MR) is 109 cm³/mol. The molecule has 2 aromatic rings. The third kappa shape index (κ3) is 3.42. The Labute approximate surface area is 181 Å². The number of nitrogens with two attached hydrogens (primary N) is 1. The van der Waals surface area contributed by atoms with E-state index >= 15 is 0 Å². The zero-order valence-electron chi connectivity index (χ0n) is 16.3. The molecule has 1 spiro atoms. The first-order valence-corrected chi connectivity index (χ1v) is 10.4. The Hall–Kier alpha value is -2.45. The summed E-state index contributed by atoms with van der Waals surface area (Å²) in [5, 5.41) is 10.3. The topological polar surface area (TPSA) is 77.1 Å². The largest absolute Gasteiger partial charge is 0.490 e. The van der Waals surface area contributed by atoms with E-state index in [2.05, 4.69) is 4.99 Å². The molecule has 2 aromatic carbocycles. The van der Waals surface area contributed by atoms with E-state index in [9.17, 15) is 18.3 Å². The number of alkyl halides is 3. The van der Waals surface area contributed by atoms with Gasteiger partial charge in [0.05, 0.1) is 11.7 Å². The van der Waals surface area contributed by atoms with Gasteiger partial charge in [0.25, 0.3) is 6.02 Å². The molecule has 0 radical (unpaired) electrons. The maximum atomic E-state index is 13.3. The molecule has 3 N–H and O–H groups in total. The van der Waals surface area contributed by atoms with E-state index < -0.39 is 23.4 Å². The SMILES string of the molecule is NC1=NC2(CO1)c1cc(-c3cc(Cl)cc(C(F)(F)F)c3)ccc1OC1CC[C@H](O)C[C@@H]12. The Morgan fingerprint density at radius 2 is 1.94 bits per heavy atom. The van der Waals surface area contributed by atoms with Gasteiger partial charge in [-0.3, -0.25) is 0 Å². The zero-order valence-corrected chi connectivity index (χ0v) is 17.1. The Kier molecular flexibility index (Phi) is 4.64. The summed E-state index contributed by atoms with van der Waals surface area (Å²) in [4.78, 5) is 4.62. The molecule has 5 rings (SSSR count). The molecule has 164 valence electrons. The van der Waals surface area contributed by atoms with E-state index in [1.54, 1.807) is 18.2 Å². The zero-order chi connectivity index (χ0) is 22.0. The van der Waals surface area contributed by atoms with Gasteiger partial charge in [-0.1, -0.05) is 17.7 Å². The second kappa shape index (κ2) is 7.03. The molecule has 4 atom stereocenters. The number of aliphatic hydroxyl groups is 1. The van der Waals surface area contributed by atoms with E-state index in [0.717, 1.165) is 12.1 Å². The van der Waals surface area contributed by atoms with Crippen LogP contribution in [-0.2, 0) is 16.5 Å². The summed E-state index contributed by atoms with van der Waals surface area (Å²) in [5.41, 5.74) is 5.77. The molecule has 2 aliphatic heterocycles. The molecule has 2 heterocycles. The molecule has 3 aliphatic rings. The molecule has 9 heteroatoms. The quantitative estimate of drug-likeness (QED) is 0.668. The van der Waals surface area contributed by atoms with Gasteiger partial charge in [0.15, 0.2) is 0 Å². The summed E-state index contributed by atoms with van der Waals surface area (Å²) in [7, 11) is 0. The Morgan fingerprint density at radius 1 is 1.13 bits per heavy atom. The van der Waals surface area contributed by atoms with Gasteiger partial charge < -0.3 is 20.3 Å². The van der Waals surface area contributed by atoms with Gasteiger partial charge in [-0.05, 0) is 60.7 Å². The van der Waals surface area contributed by atoms with Gasteiger partial charge in [0.1, 0.15) is 24.0 Å². The fourth-order valence-electron chi connectivity index (χ4n) is 4.97. The molecular weight excluding hydrogens is 433 g/mol. The first-order chi connectivity index (χ1) is 14.7. The van der Waals surface area contributed by atoms with Crippen LogP contribution in [0.25, 0.3) is 11.1 Å². The molecule has 1 aliphatic carbocycles. The molecule has 0 amide bonds. The number of nitrogens with zero attached hydrogens (tertiary/aromatic N) is 1. The van der Waals surface area contributed by atoms with Crippen LogP contribution in [0, 0.1) is 5.92 Å². The third-order valence-electron chi connectivity index (χ3n) is 6.41. The minimum Gasteiger partial charge on any atom is -0.490 e. The number of aliphatic imine (C=N–C) groups is 1. The number of hydrogen-bond acceptors (Lipinski definition) is 5. The van der Waals surface area contributed by atoms with Crippen molar-refractivity contribution in [2.24, 2.45) is 16.6 Å². The van der Waals surface area contributed by atoms with Gasteiger partial charge in [-0.2, -0.15) is 13.2 Å². The summed E-state index contributed by atoms with van der Waals surface area (Å²) in [5.74, 6) is 0.437. The molecule has 0 bridgehead atoms. The highest BCUT2D eigenvalue weighted by Crippen LogP contribution is 2.53. The van der Waals surface area contributed by atoms with Crippen LogP contribution >= 0.6 is 11.6 Å². The lowest BCUT2D eigenvalue weighted by molar-refractivity contribution is -0.137. The summed E-state index contributed by atoms with van der Waals surface area (Å²) in [6.45, 7) is 0.190. The van der Waals surface area contributed by atoms with E-state index in [4.69, 9.17) is 26.8 Å². The van der Waals surface area contributed by atoms with Gasteiger partial charge in [-0.25, -0.2) is 4.99 Å². The van der Waals surface area contributed by atoms with Crippen molar-refractivity contribution in [1.29, 1.82) is 0 Å². The molecule has 2 unspecified atom stereocenters. The summed E-state index contributed by atoms with van der Waals surface area (Å²) in [6, 6.07) is 8.73. The van der Waals surface area contributed by atoms with Crippen molar-refractivity contribution in [2.75, 3.05) is 6.61 Å². The van der Waals surface area contributed by atoms with Crippen LogP contribution in [0.15, 0.2) is 41.4 Å². The summed E-state index contributed by atoms with van der Waals surface area (Å²) in [6.07, 6.45) is -3.36. The highest BCUT2D eigenvalue weighted by Gasteiger charge is 2.55. The first-order valence-electron chi connectivity index (χ1n) is 10.0. The Balaban J connectivity index is 1.65. The van der Waals surface area contributed by atoms with Crippen LogP contribution in [0.5, 0.6) is 5.75 Å². The Bertz CT molecular complexity index is 1070. The van der Waals surface area contributed by atoms with Crippen LogP contribution in [-0.4, -0.2) is 29.9 Å². The highest BCUT2D eigenvalue weighted by atomic mass is 35.5. The van der Waals surface area contributed by atoms with Gasteiger partial charge >= 0.3 is 6.18 Å². The van der Waals surface area contributed by atoms with E-state index in [0.29, 0.717) is 41.7 Å². The number of benzene rings is 2. The molecule has 0 saturated heterocycles. The molecule has 0 aromatic heterocycles. The van der Waals surface area contributed by atoms with Crippen LogP contribution < -0.4 is 10.5 Å².